The van der Waals surface area contributed by atoms with Crippen molar-refractivity contribution in [3.8, 4) is 11.3 Å². The number of benzene rings is 1. The lowest BCUT2D eigenvalue weighted by Gasteiger charge is -1.97. The zero-order valence-electron chi connectivity index (χ0n) is 13.6. The van der Waals surface area contributed by atoms with Crippen molar-refractivity contribution < 1.29 is 24.0 Å². The van der Waals surface area contributed by atoms with Gasteiger partial charge in [-0.15, -0.1) is 5.10 Å². The molecule has 1 saturated heterocycles. The minimum Gasteiger partial charge on any atom is -0.481 e. The van der Waals surface area contributed by atoms with Gasteiger partial charge in [-0.05, 0) is 12.1 Å². The number of nitro benzene ring substituents is 1. The highest BCUT2D eigenvalue weighted by Gasteiger charge is 2.32. The molecule has 1 fully saturated rings. The Morgan fingerprint density at radius 2 is 2.22 bits per heavy atom. The van der Waals surface area contributed by atoms with E-state index in [1.54, 1.807) is 24.3 Å². The van der Waals surface area contributed by atoms with E-state index in [0.717, 1.165) is 11.8 Å². The van der Waals surface area contributed by atoms with E-state index in [1.165, 1.54) is 18.3 Å². The molecule has 0 bridgehead atoms. The van der Waals surface area contributed by atoms with Gasteiger partial charge in [0.05, 0.1) is 17.6 Å². The van der Waals surface area contributed by atoms with Crippen molar-refractivity contribution in [3.05, 3.63) is 52.3 Å². The van der Waals surface area contributed by atoms with Gasteiger partial charge in [-0.3, -0.25) is 19.7 Å². The zero-order valence-corrected chi connectivity index (χ0v) is 14.4. The number of aliphatic carboxylic acids is 1. The Kier molecular flexibility index (Phi) is 5.31. The van der Waals surface area contributed by atoms with Crippen LogP contribution in [0, 0.1) is 10.1 Å². The largest absolute Gasteiger partial charge is 0.481 e. The summed E-state index contributed by atoms with van der Waals surface area (Å²) < 4.78 is 5.55. The van der Waals surface area contributed by atoms with Crippen LogP contribution in [0.1, 0.15) is 12.2 Å². The average Bonchev–Trinajstić information content (AvgIpc) is 3.22. The molecule has 2 heterocycles. The summed E-state index contributed by atoms with van der Waals surface area (Å²) in [5.41, 5.74) is 0.501. The fourth-order valence-electron chi connectivity index (χ4n) is 2.23. The van der Waals surface area contributed by atoms with Crippen LogP contribution in [0.4, 0.5) is 5.69 Å². The smallest absolute Gasteiger partial charge is 0.305 e. The number of rotatable bonds is 6. The number of hydrogen-bond acceptors (Lipinski definition) is 8. The first-order valence-corrected chi connectivity index (χ1v) is 8.45. The molecule has 138 valence electrons. The van der Waals surface area contributed by atoms with E-state index in [4.69, 9.17) is 9.52 Å². The Hall–Kier alpha value is -3.47. The molecule has 2 N–H and O–H groups in total. The van der Waals surface area contributed by atoms with Crippen molar-refractivity contribution in [1.82, 2.24) is 5.32 Å². The third kappa shape index (κ3) is 4.58. The van der Waals surface area contributed by atoms with Gasteiger partial charge in [0.1, 0.15) is 16.8 Å². The third-order valence-corrected chi connectivity index (χ3v) is 4.51. The molecular formula is C16H12N4O6S. The molecule has 0 aliphatic carbocycles. The number of amides is 1. The SMILES string of the molecule is O=C(O)CC1SC(=NN=Cc2ccc(-c3cccc([N+](=O)[O-])c3)o2)NC1=O. The number of thioether (sulfide) groups is 1. The molecule has 1 amide bonds. The summed E-state index contributed by atoms with van der Waals surface area (Å²) in [4.78, 5) is 32.6. The van der Waals surface area contributed by atoms with Crippen LogP contribution < -0.4 is 5.32 Å². The molecule has 11 heteroatoms. The minimum absolute atomic E-state index is 0.0459. The normalized spacial score (nSPS) is 18.1. The first-order chi connectivity index (χ1) is 12.9. The number of nitrogens with zero attached hydrogens (tertiary/aromatic N) is 3. The maximum absolute atomic E-state index is 11.6. The van der Waals surface area contributed by atoms with Crippen LogP contribution in [0.3, 0.4) is 0 Å². The number of nitrogens with one attached hydrogen (secondary N) is 1. The number of nitro groups is 1. The third-order valence-electron chi connectivity index (χ3n) is 3.44. The van der Waals surface area contributed by atoms with Crippen LogP contribution in [-0.4, -0.2) is 38.5 Å². The molecule has 0 saturated carbocycles. The van der Waals surface area contributed by atoms with Crippen molar-refractivity contribution in [2.75, 3.05) is 0 Å². The minimum atomic E-state index is -1.07. The maximum Gasteiger partial charge on any atom is 0.305 e. The van der Waals surface area contributed by atoms with Crippen molar-refractivity contribution in [1.29, 1.82) is 0 Å². The fourth-order valence-corrected chi connectivity index (χ4v) is 3.15. The van der Waals surface area contributed by atoms with Crippen molar-refractivity contribution in [2.24, 2.45) is 10.2 Å². The number of non-ortho nitro benzene ring substituents is 1. The number of furan rings is 1. The van der Waals surface area contributed by atoms with Crippen LogP contribution >= 0.6 is 11.8 Å². The molecular weight excluding hydrogens is 376 g/mol. The summed E-state index contributed by atoms with van der Waals surface area (Å²) in [7, 11) is 0. The Labute approximate surface area is 156 Å². The average molecular weight is 388 g/mol. The van der Waals surface area contributed by atoms with Gasteiger partial charge >= 0.3 is 5.97 Å². The van der Waals surface area contributed by atoms with E-state index in [0.29, 0.717) is 17.1 Å². The fraction of sp³-hybridized carbons (Fsp3) is 0.125. The highest BCUT2D eigenvalue weighted by molar-refractivity contribution is 8.15. The van der Waals surface area contributed by atoms with Crippen molar-refractivity contribution >= 4 is 40.7 Å². The van der Waals surface area contributed by atoms with Crippen molar-refractivity contribution in [2.45, 2.75) is 11.7 Å². The summed E-state index contributed by atoms with van der Waals surface area (Å²) in [5.74, 6) is -0.714. The van der Waals surface area contributed by atoms with E-state index in [9.17, 15) is 19.7 Å². The summed E-state index contributed by atoms with van der Waals surface area (Å²) in [6.07, 6.45) is 1.01. The van der Waals surface area contributed by atoms with Gasteiger partial charge in [-0.2, -0.15) is 5.10 Å². The zero-order chi connectivity index (χ0) is 19.4. The molecule has 1 atom stereocenters. The van der Waals surface area contributed by atoms with E-state index >= 15 is 0 Å². The molecule has 10 nitrogen and oxygen atoms in total. The number of carboxylic acid groups (broad SMARTS) is 1. The Morgan fingerprint density at radius 1 is 1.41 bits per heavy atom. The number of hydrogen-bond donors (Lipinski definition) is 2. The quantitative estimate of drug-likeness (QED) is 0.438. The molecule has 1 unspecified atom stereocenters. The second kappa shape index (κ2) is 7.83. The number of carbonyl (C=O) groups is 2. The molecule has 1 aliphatic rings. The summed E-state index contributed by atoms with van der Waals surface area (Å²) >= 11 is 0.989. The molecule has 27 heavy (non-hydrogen) atoms. The van der Waals surface area contributed by atoms with Gasteiger partial charge in [0.2, 0.25) is 5.91 Å². The molecule has 0 radical (unpaired) electrons. The second-order valence-corrected chi connectivity index (χ2v) is 6.54. The first kappa shape index (κ1) is 18.3. The topological polar surface area (TPSA) is 147 Å². The molecule has 1 aromatic heterocycles. The first-order valence-electron chi connectivity index (χ1n) is 7.57. The van der Waals surface area contributed by atoms with E-state index in [2.05, 4.69) is 15.5 Å². The molecule has 2 aromatic rings. The van der Waals surface area contributed by atoms with E-state index < -0.39 is 22.0 Å². The highest BCUT2D eigenvalue weighted by atomic mass is 32.2. The van der Waals surface area contributed by atoms with Crippen LogP contribution in [0.5, 0.6) is 0 Å². The van der Waals surface area contributed by atoms with Crippen molar-refractivity contribution in [3.63, 3.8) is 0 Å². The summed E-state index contributed by atoms with van der Waals surface area (Å²) in [5, 5.41) is 29.1. The Bertz CT molecular complexity index is 967. The Balaban J connectivity index is 1.68. The summed E-state index contributed by atoms with van der Waals surface area (Å²) in [6, 6.07) is 9.28. The van der Waals surface area contributed by atoms with Crippen LogP contribution in [0.2, 0.25) is 0 Å². The lowest BCUT2D eigenvalue weighted by atomic mass is 10.1. The van der Waals surface area contributed by atoms with Gasteiger partial charge in [0.25, 0.3) is 5.69 Å². The predicted molar refractivity (Wildman–Crippen MR) is 97.6 cm³/mol. The molecule has 1 aromatic carbocycles. The molecule has 1 aliphatic heterocycles. The monoisotopic (exact) mass is 388 g/mol. The van der Waals surface area contributed by atoms with Crippen LogP contribution in [-0.2, 0) is 9.59 Å². The number of amidine groups is 1. The van der Waals surface area contributed by atoms with Gasteiger partial charge < -0.3 is 14.8 Å². The lowest BCUT2D eigenvalue weighted by molar-refractivity contribution is -0.384. The predicted octanol–water partition coefficient (Wildman–Crippen LogP) is 2.25. The lowest BCUT2D eigenvalue weighted by Crippen LogP contribution is -2.26. The summed E-state index contributed by atoms with van der Waals surface area (Å²) in [6.45, 7) is 0. The van der Waals surface area contributed by atoms with Gasteiger partial charge in [0, 0.05) is 17.7 Å². The number of carbonyl (C=O) groups excluding carboxylic acids is 1. The maximum atomic E-state index is 11.6. The van der Waals surface area contributed by atoms with Gasteiger partial charge in [0.15, 0.2) is 5.17 Å². The highest BCUT2D eigenvalue weighted by Crippen LogP contribution is 2.25. The van der Waals surface area contributed by atoms with Gasteiger partial charge in [-0.1, -0.05) is 23.9 Å². The number of carboxylic acids is 1. The van der Waals surface area contributed by atoms with Crippen LogP contribution in [0.25, 0.3) is 11.3 Å². The second-order valence-electron chi connectivity index (χ2n) is 5.35. The molecule has 0 spiro atoms. The van der Waals surface area contributed by atoms with E-state index in [-0.39, 0.29) is 17.3 Å². The molecule has 3 rings (SSSR count). The van der Waals surface area contributed by atoms with Gasteiger partial charge in [-0.25, -0.2) is 0 Å². The standard InChI is InChI=1S/C16H12N4O6S/c21-14(22)7-13-15(23)18-16(27-13)19-17-8-11-4-5-12(26-11)9-2-1-3-10(6-9)20(24)25/h1-6,8,13H,7H2,(H,21,22)(H,18,19,23). The van der Waals surface area contributed by atoms with Crippen LogP contribution in [0.15, 0.2) is 51.0 Å². The van der Waals surface area contributed by atoms with E-state index in [1.807, 2.05) is 0 Å². The Morgan fingerprint density at radius 3 is 2.96 bits per heavy atom.